The van der Waals surface area contributed by atoms with Crippen molar-refractivity contribution in [2.75, 3.05) is 0 Å². The van der Waals surface area contributed by atoms with Gasteiger partial charge in [0.15, 0.2) is 0 Å². The van der Waals surface area contributed by atoms with Crippen LogP contribution in [0.1, 0.15) is 87.0 Å². The zero-order valence-corrected chi connectivity index (χ0v) is 19.8. The molecule has 2 aromatic rings. The normalized spacial score (nSPS) is 13.9. The van der Waals surface area contributed by atoms with Crippen LogP contribution in [0.5, 0.6) is 0 Å². The van der Waals surface area contributed by atoms with Crippen molar-refractivity contribution in [3.63, 3.8) is 0 Å². The second-order valence-corrected chi connectivity index (χ2v) is 11.3. The van der Waals surface area contributed by atoms with Crippen molar-refractivity contribution < 1.29 is 25.6 Å². The topological polar surface area (TPSA) is 97.7 Å². The second-order valence-electron chi connectivity index (χ2n) is 8.30. The molecule has 0 amide bonds. The minimum atomic E-state index is -4.85. The molecule has 0 radical (unpaired) electrons. The van der Waals surface area contributed by atoms with E-state index in [1.54, 1.807) is 18.2 Å². The molecular formula is C22H30O6S2. The molecular weight excluding hydrogens is 424 g/mol. The van der Waals surface area contributed by atoms with Crippen LogP contribution in [0, 0.1) is 0 Å². The Bertz CT molecular complexity index is 1060. The quantitative estimate of drug-likeness (QED) is 0.426. The summed E-state index contributed by atoms with van der Waals surface area (Å²) in [4.78, 5) is -0.0264. The van der Waals surface area contributed by atoms with Crippen LogP contribution >= 0.6 is 0 Å². The van der Waals surface area contributed by atoms with Crippen molar-refractivity contribution in [1.82, 2.24) is 0 Å². The van der Waals surface area contributed by atoms with E-state index in [1.807, 2.05) is 53.7 Å². The van der Waals surface area contributed by atoms with Crippen molar-refractivity contribution >= 4 is 20.2 Å². The Hall–Kier alpha value is -1.74. The molecule has 1 unspecified atom stereocenters. The van der Waals surface area contributed by atoms with Gasteiger partial charge in [0.25, 0.3) is 20.2 Å². The largest absolute Gasteiger partial charge is 0.299 e. The van der Waals surface area contributed by atoms with Crippen LogP contribution in [0.4, 0.5) is 0 Å². The van der Waals surface area contributed by atoms with E-state index in [4.69, 9.17) is 4.18 Å². The maximum absolute atomic E-state index is 13.4. The van der Waals surface area contributed by atoms with Crippen molar-refractivity contribution in [1.29, 1.82) is 0 Å². The number of hydrogen-bond donors (Lipinski definition) is 1. The predicted molar refractivity (Wildman–Crippen MR) is 118 cm³/mol. The molecule has 0 aromatic heterocycles. The van der Waals surface area contributed by atoms with Crippen LogP contribution < -0.4 is 0 Å². The number of hydrogen-bond acceptors (Lipinski definition) is 5. The lowest BCUT2D eigenvalue weighted by molar-refractivity contribution is 0.265. The molecule has 0 aliphatic heterocycles. The lowest BCUT2D eigenvalue weighted by Gasteiger charge is -2.24. The third-order valence-electron chi connectivity index (χ3n) is 4.89. The molecule has 0 aliphatic rings. The molecule has 0 bridgehead atoms. The molecule has 0 saturated heterocycles. The van der Waals surface area contributed by atoms with Gasteiger partial charge in [-0.3, -0.25) is 4.55 Å². The van der Waals surface area contributed by atoms with Crippen LogP contribution in [0.25, 0.3) is 0 Å². The highest BCUT2D eigenvalue weighted by atomic mass is 32.2. The average molecular weight is 455 g/mol. The van der Waals surface area contributed by atoms with Gasteiger partial charge in [-0.1, -0.05) is 84.0 Å². The van der Waals surface area contributed by atoms with E-state index in [9.17, 15) is 21.4 Å². The summed E-state index contributed by atoms with van der Waals surface area (Å²) in [6.45, 7) is 11.6. The highest BCUT2D eigenvalue weighted by Crippen LogP contribution is 2.38. The average Bonchev–Trinajstić information content (AvgIpc) is 2.64. The molecule has 1 N–H and O–H groups in total. The summed E-state index contributed by atoms with van der Waals surface area (Å²) in [6, 6.07) is 11.2. The van der Waals surface area contributed by atoms with Crippen molar-refractivity contribution in [2.45, 2.75) is 69.6 Å². The fourth-order valence-electron chi connectivity index (χ4n) is 3.23. The fourth-order valence-corrected chi connectivity index (χ4v) is 6.04. The standard InChI is InChI=1S/C22H30O6S2/c1-14(2)18-12-19(15(3)4)21(20(13-18)16(5)6)30(26,27)28-22(29(23,24)25)17-10-8-7-9-11-17/h7-16,22H,1-6H3,(H,23,24,25). The zero-order valence-electron chi connectivity index (χ0n) is 18.2. The van der Waals surface area contributed by atoms with E-state index in [2.05, 4.69) is 0 Å². The van der Waals surface area contributed by atoms with Gasteiger partial charge in [-0.2, -0.15) is 16.8 Å². The Morgan fingerprint density at radius 2 is 1.20 bits per heavy atom. The highest BCUT2D eigenvalue weighted by Gasteiger charge is 2.36. The molecule has 0 fully saturated rings. The van der Waals surface area contributed by atoms with Gasteiger partial charge in [-0.25, -0.2) is 4.18 Å². The summed E-state index contributed by atoms with van der Waals surface area (Å²) in [5.74, 6) is -0.0986. The number of benzene rings is 2. The monoisotopic (exact) mass is 454 g/mol. The Morgan fingerprint density at radius 1 is 0.733 bits per heavy atom. The lowest BCUT2D eigenvalue weighted by Crippen LogP contribution is -2.22. The molecule has 6 nitrogen and oxygen atoms in total. The van der Waals surface area contributed by atoms with E-state index in [1.165, 1.54) is 12.1 Å². The summed E-state index contributed by atoms with van der Waals surface area (Å²) in [6.07, 6.45) is 0. The SMILES string of the molecule is CC(C)c1cc(C(C)C)c(S(=O)(=O)OC(c2ccccc2)S(=O)(=O)O)c(C(C)C)c1. The molecule has 1 atom stereocenters. The first kappa shape index (κ1) is 24.5. The first-order valence-corrected chi connectivity index (χ1v) is 12.8. The minimum absolute atomic E-state index is 0.0264. The summed E-state index contributed by atoms with van der Waals surface area (Å²) < 4.78 is 65.7. The molecule has 8 heteroatoms. The lowest BCUT2D eigenvalue weighted by atomic mass is 9.89. The molecule has 0 saturated carbocycles. The van der Waals surface area contributed by atoms with Gasteiger partial charge in [0.2, 0.25) is 5.44 Å². The molecule has 2 aromatic carbocycles. The Labute approximate surface area is 180 Å². The molecule has 2 rings (SSSR count). The van der Waals surface area contributed by atoms with E-state index in [0.29, 0.717) is 11.1 Å². The third-order valence-corrected chi connectivity index (χ3v) is 7.33. The van der Waals surface area contributed by atoms with Gasteiger partial charge in [-0.15, -0.1) is 0 Å². The maximum atomic E-state index is 13.4. The van der Waals surface area contributed by atoms with Gasteiger partial charge in [0.1, 0.15) is 4.90 Å². The Kier molecular flexibility index (Phi) is 7.50. The van der Waals surface area contributed by atoms with Crippen LogP contribution in [0.2, 0.25) is 0 Å². The summed E-state index contributed by atoms with van der Waals surface area (Å²) in [5, 5.41) is 0. The van der Waals surface area contributed by atoms with E-state index < -0.39 is 25.7 Å². The fraction of sp³-hybridized carbons (Fsp3) is 0.455. The van der Waals surface area contributed by atoms with E-state index in [0.717, 1.165) is 5.56 Å². The molecule has 30 heavy (non-hydrogen) atoms. The van der Waals surface area contributed by atoms with Crippen molar-refractivity contribution in [3.05, 3.63) is 64.7 Å². The van der Waals surface area contributed by atoms with Gasteiger partial charge in [0.05, 0.1) is 0 Å². The zero-order chi connectivity index (χ0) is 22.9. The third kappa shape index (κ3) is 5.49. The molecule has 0 spiro atoms. The molecule has 0 aliphatic carbocycles. The smallest absolute Gasteiger partial charge is 0.283 e. The van der Waals surface area contributed by atoms with Gasteiger partial charge >= 0.3 is 0 Å². The van der Waals surface area contributed by atoms with Crippen LogP contribution in [0.3, 0.4) is 0 Å². The Balaban J connectivity index is 2.74. The second kappa shape index (κ2) is 9.18. The summed E-state index contributed by atoms with van der Waals surface area (Å²) in [7, 11) is -9.37. The highest BCUT2D eigenvalue weighted by molar-refractivity contribution is 7.89. The van der Waals surface area contributed by atoms with E-state index in [-0.39, 0.29) is 28.2 Å². The minimum Gasteiger partial charge on any atom is -0.283 e. The van der Waals surface area contributed by atoms with Crippen LogP contribution in [-0.4, -0.2) is 21.4 Å². The van der Waals surface area contributed by atoms with Crippen LogP contribution in [-0.2, 0) is 24.4 Å². The predicted octanol–water partition coefficient (Wildman–Crippen LogP) is 5.35. The van der Waals surface area contributed by atoms with Crippen LogP contribution in [0.15, 0.2) is 47.4 Å². The van der Waals surface area contributed by atoms with E-state index >= 15 is 0 Å². The molecule has 0 heterocycles. The molecule has 166 valence electrons. The first-order valence-electron chi connectivity index (χ1n) is 9.88. The van der Waals surface area contributed by atoms with Crippen molar-refractivity contribution in [2.24, 2.45) is 0 Å². The maximum Gasteiger partial charge on any atom is 0.299 e. The summed E-state index contributed by atoms with van der Waals surface area (Å²) >= 11 is 0. The van der Waals surface area contributed by atoms with Crippen molar-refractivity contribution in [3.8, 4) is 0 Å². The van der Waals surface area contributed by atoms with Gasteiger partial charge in [0, 0.05) is 0 Å². The first-order chi connectivity index (χ1) is 13.8. The summed E-state index contributed by atoms with van der Waals surface area (Å²) in [5.41, 5.74) is 0.0999. The Morgan fingerprint density at radius 3 is 1.57 bits per heavy atom. The number of rotatable bonds is 8. The van der Waals surface area contributed by atoms with Gasteiger partial charge < -0.3 is 0 Å². The van der Waals surface area contributed by atoms with Gasteiger partial charge in [-0.05, 0) is 40.0 Å².